The molecule has 6 heteroatoms. The van der Waals surface area contributed by atoms with Crippen molar-refractivity contribution in [2.45, 2.75) is 6.92 Å². The number of hydrogen-bond donors (Lipinski definition) is 1. The molecule has 0 saturated carbocycles. The van der Waals surface area contributed by atoms with Gasteiger partial charge in [0, 0.05) is 10.9 Å². The van der Waals surface area contributed by atoms with E-state index in [1.807, 2.05) is 48.7 Å². The van der Waals surface area contributed by atoms with Gasteiger partial charge in [0.05, 0.1) is 14.4 Å². The molecule has 2 aromatic heterocycles. The molecule has 3 nitrogen and oxygen atoms in total. The highest BCUT2D eigenvalue weighted by Crippen LogP contribution is 2.33. The van der Waals surface area contributed by atoms with Crippen LogP contribution in [0.3, 0.4) is 0 Å². The second kappa shape index (κ2) is 6.09. The number of thiazole rings is 1. The van der Waals surface area contributed by atoms with Gasteiger partial charge in [0.15, 0.2) is 5.13 Å². The van der Waals surface area contributed by atoms with E-state index in [1.54, 1.807) is 11.3 Å². The lowest BCUT2D eigenvalue weighted by Gasteiger charge is -2.01. The fourth-order valence-corrected chi connectivity index (χ4v) is 3.90. The van der Waals surface area contributed by atoms with Crippen molar-refractivity contribution >= 4 is 49.6 Å². The lowest BCUT2D eigenvalue weighted by atomic mass is 10.1. The van der Waals surface area contributed by atoms with Crippen LogP contribution in [0.4, 0.5) is 5.13 Å². The molecule has 0 spiro atoms. The van der Waals surface area contributed by atoms with E-state index >= 15 is 0 Å². The Kier molecular flexibility index (Phi) is 4.19. The summed E-state index contributed by atoms with van der Waals surface area (Å²) < 4.78 is 1.07. The van der Waals surface area contributed by atoms with Gasteiger partial charge in [-0.25, -0.2) is 4.98 Å². The number of hydrogen-bond acceptors (Lipinski definition) is 4. The average molecular weight is 379 g/mol. The van der Waals surface area contributed by atoms with Crippen LogP contribution in [-0.2, 0) is 0 Å². The number of nitrogens with zero attached hydrogens (tertiary/aromatic N) is 1. The van der Waals surface area contributed by atoms with Crippen LogP contribution in [0.1, 0.15) is 15.9 Å². The summed E-state index contributed by atoms with van der Waals surface area (Å²) in [6.45, 7) is 1.99. The molecule has 0 saturated heterocycles. The van der Waals surface area contributed by atoms with Crippen molar-refractivity contribution in [3.8, 4) is 10.6 Å². The van der Waals surface area contributed by atoms with Crippen LogP contribution in [-0.4, -0.2) is 10.9 Å². The highest BCUT2D eigenvalue weighted by Gasteiger charge is 2.10. The largest absolute Gasteiger partial charge is 0.298 e. The maximum absolute atomic E-state index is 12.1. The molecular weight excluding hydrogens is 368 g/mol. The number of thiophene rings is 1. The molecule has 0 radical (unpaired) electrons. The molecular formula is C15H11BrN2OS2. The van der Waals surface area contributed by atoms with Gasteiger partial charge in [-0.3, -0.25) is 10.1 Å². The zero-order valence-electron chi connectivity index (χ0n) is 11.1. The second-order valence-corrected chi connectivity index (χ2v) is 7.78. The maximum atomic E-state index is 12.1. The Hall–Kier alpha value is -1.50. The van der Waals surface area contributed by atoms with E-state index in [0.29, 0.717) is 10.7 Å². The molecule has 0 unspecified atom stereocenters. The number of benzene rings is 1. The van der Waals surface area contributed by atoms with Gasteiger partial charge in [-0.15, -0.1) is 22.7 Å². The fourth-order valence-electron chi connectivity index (χ4n) is 1.77. The number of halogens is 1. The number of anilines is 1. The Balaban J connectivity index is 1.75. The summed E-state index contributed by atoms with van der Waals surface area (Å²) in [5.41, 5.74) is 2.65. The lowest BCUT2D eigenvalue weighted by molar-refractivity contribution is 0.102. The van der Waals surface area contributed by atoms with E-state index in [9.17, 15) is 4.79 Å². The van der Waals surface area contributed by atoms with E-state index < -0.39 is 0 Å². The monoisotopic (exact) mass is 378 g/mol. The zero-order chi connectivity index (χ0) is 14.8. The maximum Gasteiger partial charge on any atom is 0.257 e. The van der Waals surface area contributed by atoms with Gasteiger partial charge in [-0.05, 0) is 47.1 Å². The fraction of sp³-hybridized carbons (Fsp3) is 0.0667. The van der Waals surface area contributed by atoms with Crippen molar-refractivity contribution in [3.63, 3.8) is 0 Å². The summed E-state index contributed by atoms with van der Waals surface area (Å²) >= 11 is 6.48. The molecule has 0 fully saturated rings. The van der Waals surface area contributed by atoms with Crippen LogP contribution < -0.4 is 5.32 Å². The number of amides is 1. The summed E-state index contributed by atoms with van der Waals surface area (Å²) in [5, 5.41) is 5.39. The molecule has 1 amide bonds. The zero-order valence-corrected chi connectivity index (χ0v) is 14.3. The summed E-state index contributed by atoms with van der Waals surface area (Å²) in [6.07, 6.45) is 0. The van der Waals surface area contributed by atoms with Crippen LogP contribution in [0.25, 0.3) is 10.6 Å². The van der Waals surface area contributed by atoms with E-state index in [-0.39, 0.29) is 5.91 Å². The SMILES string of the molecule is Cc1ccc(C(=O)Nc2nc(-c3ccc(Br)s3)cs2)cc1. The second-order valence-electron chi connectivity index (χ2n) is 4.46. The van der Waals surface area contributed by atoms with Crippen LogP contribution in [0.2, 0.25) is 0 Å². The minimum atomic E-state index is -0.136. The first-order chi connectivity index (χ1) is 10.1. The van der Waals surface area contributed by atoms with Crippen molar-refractivity contribution in [2.24, 2.45) is 0 Å². The molecule has 0 bridgehead atoms. The predicted octanol–water partition coefficient (Wildman–Crippen LogP) is 5.19. The molecule has 3 aromatic rings. The third-order valence-electron chi connectivity index (χ3n) is 2.86. The first-order valence-corrected chi connectivity index (χ1v) is 8.70. The molecule has 2 heterocycles. The molecule has 1 N–H and O–H groups in total. The van der Waals surface area contributed by atoms with Gasteiger partial charge in [-0.2, -0.15) is 0 Å². The molecule has 1 aromatic carbocycles. The molecule has 21 heavy (non-hydrogen) atoms. The standard InChI is InChI=1S/C15H11BrN2OS2/c1-9-2-4-10(5-3-9)14(19)18-15-17-11(8-20-15)12-6-7-13(16)21-12/h2-8H,1H3,(H,17,18,19). The number of nitrogens with one attached hydrogen (secondary N) is 1. The smallest absolute Gasteiger partial charge is 0.257 e. The molecule has 106 valence electrons. The third-order valence-corrected chi connectivity index (χ3v) is 5.27. The van der Waals surface area contributed by atoms with Crippen molar-refractivity contribution in [1.29, 1.82) is 0 Å². The number of carbonyl (C=O) groups excluding carboxylic acids is 1. The van der Waals surface area contributed by atoms with Crippen molar-refractivity contribution < 1.29 is 4.79 Å². The number of aryl methyl sites for hydroxylation is 1. The first-order valence-electron chi connectivity index (χ1n) is 6.21. The summed E-state index contributed by atoms with van der Waals surface area (Å²) in [6, 6.07) is 11.5. The van der Waals surface area contributed by atoms with Gasteiger partial charge in [0.2, 0.25) is 0 Å². The number of aromatic nitrogens is 1. The van der Waals surface area contributed by atoms with Crippen molar-refractivity contribution in [1.82, 2.24) is 4.98 Å². The third kappa shape index (κ3) is 3.40. The molecule has 0 atom stereocenters. The van der Waals surface area contributed by atoms with Gasteiger partial charge in [-0.1, -0.05) is 17.7 Å². The van der Waals surface area contributed by atoms with E-state index in [2.05, 4.69) is 26.2 Å². The Morgan fingerprint density at radius 3 is 2.62 bits per heavy atom. The van der Waals surface area contributed by atoms with Crippen LogP contribution in [0.5, 0.6) is 0 Å². The quantitative estimate of drug-likeness (QED) is 0.680. The Bertz CT molecular complexity index is 777. The van der Waals surface area contributed by atoms with Crippen LogP contribution >= 0.6 is 38.6 Å². The number of rotatable bonds is 3. The van der Waals surface area contributed by atoms with E-state index in [0.717, 1.165) is 19.9 Å². The highest BCUT2D eigenvalue weighted by atomic mass is 79.9. The normalized spacial score (nSPS) is 10.6. The molecule has 0 aliphatic heterocycles. The predicted molar refractivity (Wildman–Crippen MR) is 92.3 cm³/mol. The summed E-state index contributed by atoms with van der Waals surface area (Å²) in [5.74, 6) is -0.136. The lowest BCUT2D eigenvalue weighted by Crippen LogP contribution is -2.11. The van der Waals surface area contributed by atoms with Gasteiger partial charge in [0.25, 0.3) is 5.91 Å². The van der Waals surface area contributed by atoms with Gasteiger partial charge >= 0.3 is 0 Å². The van der Waals surface area contributed by atoms with Crippen LogP contribution in [0, 0.1) is 6.92 Å². The molecule has 0 aliphatic carbocycles. The minimum absolute atomic E-state index is 0.136. The van der Waals surface area contributed by atoms with E-state index in [4.69, 9.17) is 0 Å². The Labute approximate surface area is 138 Å². The topological polar surface area (TPSA) is 42.0 Å². The molecule has 0 aliphatic rings. The molecule has 3 rings (SSSR count). The highest BCUT2D eigenvalue weighted by molar-refractivity contribution is 9.11. The Morgan fingerprint density at radius 1 is 1.19 bits per heavy atom. The van der Waals surface area contributed by atoms with Crippen molar-refractivity contribution in [3.05, 3.63) is 56.7 Å². The summed E-state index contributed by atoms with van der Waals surface area (Å²) in [4.78, 5) is 17.7. The van der Waals surface area contributed by atoms with Crippen molar-refractivity contribution in [2.75, 3.05) is 5.32 Å². The number of carbonyl (C=O) groups is 1. The van der Waals surface area contributed by atoms with E-state index in [1.165, 1.54) is 11.3 Å². The minimum Gasteiger partial charge on any atom is -0.298 e. The van der Waals surface area contributed by atoms with Gasteiger partial charge in [0.1, 0.15) is 0 Å². The average Bonchev–Trinajstić information content (AvgIpc) is 3.08. The van der Waals surface area contributed by atoms with Crippen LogP contribution in [0.15, 0.2) is 45.6 Å². The van der Waals surface area contributed by atoms with Gasteiger partial charge < -0.3 is 0 Å². The summed E-state index contributed by atoms with van der Waals surface area (Å²) in [7, 11) is 0. The first kappa shape index (κ1) is 14.4. The Morgan fingerprint density at radius 2 is 1.95 bits per heavy atom.